The van der Waals surface area contributed by atoms with E-state index in [0.29, 0.717) is 0 Å². The van der Waals surface area contributed by atoms with Crippen LogP contribution in [0.4, 0.5) is 17.1 Å². The maximum absolute atomic E-state index is 5.84. The Labute approximate surface area is 96.5 Å². The lowest BCUT2D eigenvalue weighted by Crippen LogP contribution is -1.95. The van der Waals surface area contributed by atoms with Crippen LogP contribution in [-0.4, -0.2) is 4.98 Å². The molecule has 1 heterocycles. The molecular formula is C11H10BrN3. The van der Waals surface area contributed by atoms with E-state index in [1.807, 2.05) is 30.3 Å². The molecule has 4 heteroatoms. The minimum absolute atomic E-state index is 0.718. The van der Waals surface area contributed by atoms with Gasteiger partial charge in [0.1, 0.15) is 0 Å². The number of rotatable bonds is 2. The number of anilines is 3. The summed E-state index contributed by atoms with van der Waals surface area (Å²) in [7, 11) is 0. The van der Waals surface area contributed by atoms with Gasteiger partial charge >= 0.3 is 0 Å². The molecule has 1 aromatic heterocycles. The van der Waals surface area contributed by atoms with Crippen LogP contribution in [0.15, 0.2) is 47.2 Å². The van der Waals surface area contributed by atoms with Crippen molar-refractivity contribution in [3.63, 3.8) is 0 Å². The van der Waals surface area contributed by atoms with Crippen molar-refractivity contribution >= 4 is 33.0 Å². The van der Waals surface area contributed by atoms with Crippen molar-refractivity contribution in [1.29, 1.82) is 0 Å². The minimum atomic E-state index is 0.718. The summed E-state index contributed by atoms with van der Waals surface area (Å²) in [4.78, 5) is 3.95. The van der Waals surface area contributed by atoms with Gasteiger partial charge in [0.2, 0.25) is 0 Å². The molecule has 0 atom stereocenters. The number of benzene rings is 1. The van der Waals surface area contributed by atoms with Crippen LogP contribution < -0.4 is 11.1 Å². The number of nitrogens with one attached hydrogen (secondary N) is 1. The Hall–Kier alpha value is -1.55. The molecule has 2 rings (SSSR count). The Kier molecular flexibility index (Phi) is 2.87. The quantitative estimate of drug-likeness (QED) is 0.819. The summed E-state index contributed by atoms with van der Waals surface area (Å²) in [5.74, 6) is 0. The number of hydrogen-bond acceptors (Lipinski definition) is 3. The summed E-state index contributed by atoms with van der Waals surface area (Å²) in [6.45, 7) is 0. The number of nitrogens with two attached hydrogens (primary N) is 1. The van der Waals surface area contributed by atoms with E-state index in [9.17, 15) is 0 Å². The Morgan fingerprint density at radius 1 is 1.13 bits per heavy atom. The molecule has 0 aliphatic heterocycles. The average Bonchev–Trinajstić information content (AvgIpc) is 2.25. The van der Waals surface area contributed by atoms with E-state index in [-0.39, 0.29) is 0 Å². The molecule has 15 heavy (non-hydrogen) atoms. The average molecular weight is 264 g/mol. The van der Waals surface area contributed by atoms with Gasteiger partial charge in [-0.3, -0.25) is 4.98 Å². The van der Waals surface area contributed by atoms with Crippen molar-refractivity contribution < 1.29 is 0 Å². The smallest absolute Gasteiger partial charge is 0.0629 e. The summed E-state index contributed by atoms with van der Waals surface area (Å²) in [6.07, 6.45) is 3.47. The highest BCUT2D eigenvalue weighted by atomic mass is 79.9. The van der Waals surface area contributed by atoms with Crippen molar-refractivity contribution in [2.75, 3.05) is 11.1 Å². The SMILES string of the molecule is Nc1ccc(Br)cc1Nc1ccncc1. The number of aromatic nitrogens is 1. The van der Waals surface area contributed by atoms with Gasteiger partial charge in [0.15, 0.2) is 0 Å². The lowest BCUT2D eigenvalue weighted by molar-refractivity contribution is 1.32. The molecule has 0 bridgehead atoms. The topological polar surface area (TPSA) is 50.9 Å². The van der Waals surface area contributed by atoms with E-state index in [0.717, 1.165) is 21.5 Å². The Morgan fingerprint density at radius 2 is 1.87 bits per heavy atom. The summed E-state index contributed by atoms with van der Waals surface area (Å²) in [5.41, 5.74) is 8.41. The third-order valence-electron chi connectivity index (χ3n) is 1.97. The monoisotopic (exact) mass is 263 g/mol. The number of pyridine rings is 1. The Morgan fingerprint density at radius 3 is 2.60 bits per heavy atom. The van der Waals surface area contributed by atoms with Crippen LogP contribution in [0.25, 0.3) is 0 Å². The zero-order chi connectivity index (χ0) is 10.7. The van der Waals surface area contributed by atoms with Crippen LogP contribution in [0.5, 0.6) is 0 Å². The lowest BCUT2D eigenvalue weighted by Gasteiger charge is -2.09. The number of halogens is 1. The summed E-state index contributed by atoms with van der Waals surface area (Å²) in [6, 6.07) is 9.48. The second kappa shape index (κ2) is 4.31. The molecule has 76 valence electrons. The molecule has 0 aliphatic rings. The van der Waals surface area contributed by atoms with Gasteiger partial charge in [-0.25, -0.2) is 0 Å². The maximum Gasteiger partial charge on any atom is 0.0629 e. The molecule has 1 aromatic carbocycles. The highest BCUT2D eigenvalue weighted by Gasteiger charge is 1.99. The lowest BCUT2D eigenvalue weighted by atomic mass is 10.2. The summed E-state index contributed by atoms with van der Waals surface area (Å²) >= 11 is 3.40. The van der Waals surface area contributed by atoms with Crippen LogP contribution >= 0.6 is 15.9 Å². The van der Waals surface area contributed by atoms with Crippen molar-refractivity contribution in [3.8, 4) is 0 Å². The Bertz CT molecular complexity index is 457. The first-order valence-corrected chi connectivity index (χ1v) is 5.27. The van der Waals surface area contributed by atoms with Gasteiger partial charge in [0.25, 0.3) is 0 Å². The zero-order valence-corrected chi connectivity index (χ0v) is 9.53. The van der Waals surface area contributed by atoms with Gasteiger partial charge in [-0.2, -0.15) is 0 Å². The second-order valence-corrected chi connectivity index (χ2v) is 4.01. The van der Waals surface area contributed by atoms with Crippen LogP contribution in [0, 0.1) is 0 Å². The highest BCUT2D eigenvalue weighted by Crippen LogP contribution is 2.26. The third kappa shape index (κ3) is 2.47. The van der Waals surface area contributed by atoms with Crippen LogP contribution in [0.3, 0.4) is 0 Å². The van der Waals surface area contributed by atoms with E-state index < -0.39 is 0 Å². The van der Waals surface area contributed by atoms with Crippen molar-refractivity contribution in [2.24, 2.45) is 0 Å². The molecular weight excluding hydrogens is 254 g/mol. The van der Waals surface area contributed by atoms with Crippen LogP contribution in [0.1, 0.15) is 0 Å². The van der Waals surface area contributed by atoms with Crippen molar-refractivity contribution in [3.05, 3.63) is 47.2 Å². The van der Waals surface area contributed by atoms with Gasteiger partial charge < -0.3 is 11.1 Å². The fourth-order valence-corrected chi connectivity index (χ4v) is 1.59. The number of hydrogen-bond donors (Lipinski definition) is 2. The van der Waals surface area contributed by atoms with Gasteiger partial charge in [0, 0.05) is 22.6 Å². The first-order chi connectivity index (χ1) is 7.25. The van der Waals surface area contributed by atoms with E-state index in [1.165, 1.54) is 0 Å². The fraction of sp³-hybridized carbons (Fsp3) is 0. The molecule has 0 radical (unpaired) electrons. The molecule has 0 amide bonds. The fourth-order valence-electron chi connectivity index (χ4n) is 1.23. The molecule has 0 saturated carbocycles. The summed E-state index contributed by atoms with van der Waals surface area (Å²) < 4.78 is 0.994. The first-order valence-electron chi connectivity index (χ1n) is 4.48. The molecule has 0 saturated heterocycles. The minimum Gasteiger partial charge on any atom is -0.397 e. The molecule has 2 aromatic rings. The molecule has 0 aliphatic carbocycles. The highest BCUT2D eigenvalue weighted by molar-refractivity contribution is 9.10. The van der Waals surface area contributed by atoms with Crippen LogP contribution in [0.2, 0.25) is 0 Å². The van der Waals surface area contributed by atoms with E-state index in [1.54, 1.807) is 12.4 Å². The van der Waals surface area contributed by atoms with E-state index >= 15 is 0 Å². The van der Waals surface area contributed by atoms with E-state index in [2.05, 4.69) is 26.2 Å². The molecule has 3 N–H and O–H groups in total. The molecule has 0 unspecified atom stereocenters. The van der Waals surface area contributed by atoms with Gasteiger partial charge in [-0.1, -0.05) is 15.9 Å². The molecule has 0 fully saturated rings. The number of nitrogen functional groups attached to an aromatic ring is 1. The summed E-state index contributed by atoms with van der Waals surface area (Å²) in [5, 5.41) is 3.22. The van der Waals surface area contributed by atoms with Crippen LogP contribution in [-0.2, 0) is 0 Å². The Balaban J connectivity index is 2.28. The predicted octanol–water partition coefficient (Wildman–Crippen LogP) is 3.17. The zero-order valence-electron chi connectivity index (χ0n) is 7.94. The molecule has 3 nitrogen and oxygen atoms in total. The standard InChI is InChI=1S/C11H10BrN3/c12-8-1-2-10(13)11(7-8)15-9-3-5-14-6-4-9/h1-7H,13H2,(H,14,15). The van der Waals surface area contributed by atoms with Gasteiger partial charge in [0.05, 0.1) is 11.4 Å². The van der Waals surface area contributed by atoms with Gasteiger partial charge in [-0.05, 0) is 30.3 Å². The normalized spacial score (nSPS) is 9.93. The maximum atomic E-state index is 5.84. The number of nitrogens with zero attached hydrogens (tertiary/aromatic N) is 1. The second-order valence-electron chi connectivity index (χ2n) is 3.09. The van der Waals surface area contributed by atoms with Crippen molar-refractivity contribution in [2.45, 2.75) is 0 Å². The van der Waals surface area contributed by atoms with Gasteiger partial charge in [-0.15, -0.1) is 0 Å². The largest absolute Gasteiger partial charge is 0.397 e. The predicted molar refractivity (Wildman–Crippen MR) is 66.1 cm³/mol. The van der Waals surface area contributed by atoms with Crippen molar-refractivity contribution in [1.82, 2.24) is 4.98 Å². The first kappa shape index (κ1) is 9.98. The van der Waals surface area contributed by atoms with E-state index in [4.69, 9.17) is 5.73 Å². The third-order valence-corrected chi connectivity index (χ3v) is 2.47. The molecule has 0 spiro atoms.